The summed E-state index contributed by atoms with van der Waals surface area (Å²) in [5.41, 5.74) is -1.03. The fourth-order valence-corrected chi connectivity index (χ4v) is 2.05. The molecular formula is C14H24N2O4. The van der Waals surface area contributed by atoms with Crippen LogP contribution in [-0.4, -0.2) is 48.4 Å². The summed E-state index contributed by atoms with van der Waals surface area (Å²) in [5, 5.41) is 2.78. The lowest BCUT2D eigenvalue weighted by Gasteiger charge is -2.40. The summed E-state index contributed by atoms with van der Waals surface area (Å²) in [6.07, 6.45) is 2.07. The van der Waals surface area contributed by atoms with Crippen LogP contribution in [-0.2, 0) is 9.47 Å². The molecule has 0 radical (unpaired) electrons. The van der Waals surface area contributed by atoms with Crippen molar-refractivity contribution >= 4 is 12.2 Å². The second kappa shape index (κ2) is 6.15. The highest BCUT2D eigenvalue weighted by Gasteiger charge is 2.36. The van der Waals surface area contributed by atoms with Crippen LogP contribution in [0.1, 0.15) is 33.6 Å². The molecule has 6 heteroatoms. The van der Waals surface area contributed by atoms with Gasteiger partial charge in [0.2, 0.25) is 0 Å². The Morgan fingerprint density at radius 3 is 2.25 bits per heavy atom. The van der Waals surface area contributed by atoms with Gasteiger partial charge in [0.15, 0.2) is 0 Å². The highest BCUT2D eigenvalue weighted by Crippen LogP contribution is 2.24. The van der Waals surface area contributed by atoms with Crippen LogP contribution in [0.4, 0.5) is 9.59 Å². The molecule has 0 atom stereocenters. The Morgan fingerprint density at radius 2 is 1.85 bits per heavy atom. The zero-order chi connectivity index (χ0) is 15.4. The summed E-state index contributed by atoms with van der Waals surface area (Å²) in [6.45, 7) is 10.3. The van der Waals surface area contributed by atoms with Crippen molar-refractivity contribution in [1.82, 2.24) is 10.2 Å². The Hall–Kier alpha value is -1.72. The quantitative estimate of drug-likeness (QED) is 0.790. The van der Waals surface area contributed by atoms with E-state index in [1.807, 2.05) is 20.8 Å². The van der Waals surface area contributed by atoms with Crippen molar-refractivity contribution in [2.75, 3.05) is 20.2 Å². The average Bonchev–Trinajstić information content (AvgIpc) is 2.37. The maximum Gasteiger partial charge on any atom is 0.410 e. The van der Waals surface area contributed by atoms with Gasteiger partial charge in [0.1, 0.15) is 5.60 Å². The van der Waals surface area contributed by atoms with Crippen molar-refractivity contribution in [3.8, 4) is 0 Å². The van der Waals surface area contributed by atoms with Crippen LogP contribution in [0, 0.1) is 0 Å². The number of nitrogens with zero attached hydrogens (tertiary/aromatic N) is 1. The standard InChI is InChI=1S/C14H24N2O4/c1-6-14(15-11(17)19-5)7-9-16(10-8-14)12(18)20-13(2,3)4/h6H,1,7-10H2,2-5H3,(H,15,17). The van der Waals surface area contributed by atoms with Crippen LogP contribution in [0.3, 0.4) is 0 Å². The average molecular weight is 284 g/mol. The molecule has 0 aliphatic carbocycles. The van der Waals surface area contributed by atoms with Crippen molar-refractivity contribution < 1.29 is 19.1 Å². The van der Waals surface area contributed by atoms with E-state index >= 15 is 0 Å². The molecule has 20 heavy (non-hydrogen) atoms. The number of rotatable bonds is 2. The lowest BCUT2D eigenvalue weighted by molar-refractivity contribution is 0.0173. The molecule has 2 amide bonds. The van der Waals surface area contributed by atoms with Gasteiger partial charge in [0, 0.05) is 13.1 Å². The summed E-state index contributed by atoms with van der Waals surface area (Å²) < 4.78 is 9.95. The van der Waals surface area contributed by atoms with Gasteiger partial charge in [0.25, 0.3) is 0 Å². The van der Waals surface area contributed by atoms with Gasteiger partial charge >= 0.3 is 12.2 Å². The Labute approximate surface area is 120 Å². The van der Waals surface area contributed by atoms with E-state index in [4.69, 9.17) is 4.74 Å². The highest BCUT2D eigenvalue weighted by molar-refractivity contribution is 5.70. The summed E-state index contributed by atoms with van der Waals surface area (Å²) in [4.78, 5) is 25.0. The lowest BCUT2D eigenvalue weighted by atomic mass is 9.88. The predicted octanol–water partition coefficient (Wildman–Crippen LogP) is 2.30. The minimum atomic E-state index is -0.522. The molecule has 1 aliphatic rings. The fourth-order valence-electron chi connectivity index (χ4n) is 2.05. The molecule has 1 saturated heterocycles. The van der Waals surface area contributed by atoms with Crippen molar-refractivity contribution in [2.24, 2.45) is 0 Å². The van der Waals surface area contributed by atoms with Crippen molar-refractivity contribution in [3.05, 3.63) is 12.7 Å². The Kier molecular flexibility index (Phi) is 5.03. The Bertz CT molecular complexity index is 379. The number of ether oxygens (including phenoxy) is 2. The summed E-state index contributed by atoms with van der Waals surface area (Å²) >= 11 is 0. The summed E-state index contributed by atoms with van der Waals surface area (Å²) in [7, 11) is 1.32. The number of nitrogens with one attached hydrogen (secondary N) is 1. The first kappa shape index (κ1) is 16.3. The fraction of sp³-hybridized carbons (Fsp3) is 0.714. The summed E-state index contributed by atoms with van der Waals surface area (Å²) in [5.74, 6) is 0. The predicted molar refractivity (Wildman–Crippen MR) is 75.5 cm³/mol. The third-order valence-electron chi connectivity index (χ3n) is 3.23. The number of hydrogen-bond acceptors (Lipinski definition) is 4. The first-order chi connectivity index (χ1) is 9.21. The van der Waals surface area contributed by atoms with Gasteiger partial charge in [-0.2, -0.15) is 0 Å². The van der Waals surface area contributed by atoms with Crippen molar-refractivity contribution in [2.45, 2.75) is 44.8 Å². The van der Waals surface area contributed by atoms with Gasteiger partial charge < -0.3 is 19.7 Å². The van der Waals surface area contributed by atoms with E-state index in [0.29, 0.717) is 25.9 Å². The van der Waals surface area contributed by atoms with Crippen LogP contribution in [0.25, 0.3) is 0 Å². The summed E-state index contributed by atoms with van der Waals surface area (Å²) in [6, 6.07) is 0. The SMILES string of the molecule is C=CC1(NC(=O)OC)CCN(C(=O)OC(C)(C)C)CC1. The Morgan fingerprint density at radius 1 is 1.30 bits per heavy atom. The molecule has 0 spiro atoms. The van der Waals surface area contributed by atoms with Crippen molar-refractivity contribution in [3.63, 3.8) is 0 Å². The van der Waals surface area contributed by atoms with Gasteiger partial charge in [-0.05, 0) is 33.6 Å². The zero-order valence-corrected chi connectivity index (χ0v) is 12.7. The third kappa shape index (κ3) is 4.43. The number of carbonyl (C=O) groups is 2. The van der Waals surface area contributed by atoms with Crippen LogP contribution < -0.4 is 5.32 Å². The van der Waals surface area contributed by atoms with Crippen LogP contribution in [0.2, 0.25) is 0 Å². The maximum atomic E-state index is 12.0. The highest BCUT2D eigenvalue weighted by atomic mass is 16.6. The maximum absolute atomic E-state index is 12.0. The van der Waals surface area contributed by atoms with E-state index in [0.717, 1.165) is 0 Å². The molecule has 0 aromatic rings. The molecule has 0 bridgehead atoms. The normalized spacial score (nSPS) is 18.1. The van der Waals surface area contributed by atoms with Gasteiger partial charge in [-0.3, -0.25) is 0 Å². The number of hydrogen-bond donors (Lipinski definition) is 1. The minimum Gasteiger partial charge on any atom is -0.453 e. The molecule has 1 rings (SSSR count). The third-order valence-corrected chi connectivity index (χ3v) is 3.23. The van der Waals surface area contributed by atoms with Crippen LogP contribution >= 0.6 is 0 Å². The first-order valence-corrected chi connectivity index (χ1v) is 6.69. The number of amides is 2. The minimum absolute atomic E-state index is 0.326. The smallest absolute Gasteiger partial charge is 0.410 e. The van der Waals surface area contributed by atoms with E-state index in [-0.39, 0.29) is 6.09 Å². The number of alkyl carbamates (subject to hydrolysis) is 1. The van der Waals surface area contributed by atoms with E-state index in [9.17, 15) is 9.59 Å². The molecule has 114 valence electrons. The largest absolute Gasteiger partial charge is 0.453 e. The topological polar surface area (TPSA) is 67.9 Å². The number of likely N-dealkylation sites (tertiary alicyclic amines) is 1. The molecule has 0 aromatic heterocycles. The van der Waals surface area contributed by atoms with E-state index < -0.39 is 17.2 Å². The molecule has 0 unspecified atom stereocenters. The molecule has 6 nitrogen and oxygen atoms in total. The van der Waals surface area contributed by atoms with Gasteiger partial charge in [-0.15, -0.1) is 6.58 Å². The van der Waals surface area contributed by atoms with E-state index in [1.165, 1.54) is 7.11 Å². The van der Waals surface area contributed by atoms with Crippen LogP contribution in [0.15, 0.2) is 12.7 Å². The van der Waals surface area contributed by atoms with Gasteiger partial charge in [0.05, 0.1) is 12.6 Å². The molecule has 1 N–H and O–H groups in total. The molecule has 0 saturated carbocycles. The Balaban J connectivity index is 2.59. The molecule has 1 fully saturated rings. The second-order valence-corrected chi connectivity index (χ2v) is 5.94. The zero-order valence-electron chi connectivity index (χ0n) is 12.7. The molecular weight excluding hydrogens is 260 g/mol. The molecule has 1 heterocycles. The monoisotopic (exact) mass is 284 g/mol. The van der Waals surface area contributed by atoms with Gasteiger partial charge in [-0.1, -0.05) is 6.08 Å². The van der Waals surface area contributed by atoms with Crippen molar-refractivity contribution in [1.29, 1.82) is 0 Å². The second-order valence-electron chi connectivity index (χ2n) is 5.94. The first-order valence-electron chi connectivity index (χ1n) is 6.69. The van der Waals surface area contributed by atoms with E-state index in [1.54, 1.807) is 11.0 Å². The van der Waals surface area contributed by atoms with E-state index in [2.05, 4.69) is 16.6 Å². The van der Waals surface area contributed by atoms with Crippen LogP contribution in [0.5, 0.6) is 0 Å². The number of carbonyl (C=O) groups excluding carboxylic acids is 2. The van der Waals surface area contributed by atoms with Gasteiger partial charge in [-0.25, -0.2) is 9.59 Å². The molecule has 1 aliphatic heterocycles. The lowest BCUT2D eigenvalue weighted by Crippen LogP contribution is -2.55. The molecule has 0 aromatic carbocycles. The number of piperidine rings is 1. The number of methoxy groups -OCH3 is 1.